The van der Waals surface area contributed by atoms with Gasteiger partial charge in [0.2, 0.25) is 21.0 Å². The summed E-state index contributed by atoms with van der Waals surface area (Å²) >= 11 is 4.86. The molecule has 0 saturated carbocycles. The van der Waals surface area contributed by atoms with Crippen molar-refractivity contribution in [2.45, 2.75) is 18.9 Å². The Hall–Kier alpha value is -3.77. The van der Waals surface area contributed by atoms with Crippen LogP contribution in [0.15, 0.2) is 54.6 Å². The number of anilines is 3. The number of rotatable bonds is 6. The summed E-state index contributed by atoms with van der Waals surface area (Å²) in [4.78, 5) is 26.5. The quantitative estimate of drug-likeness (QED) is 0.416. The SMILES string of the molecule is CS(=O)(=O)Nc1ccccc1-c1ccc(N2CCC[C@@H](NC(=O)Nc3ccc([ClH+])cc3F)C2=O)c(F)c1F. The number of nitrogens with one attached hydrogen (secondary N) is 3. The van der Waals surface area contributed by atoms with Crippen LogP contribution in [0, 0.1) is 29.1 Å². The molecule has 3 aromatic carbocycles. The van der Waals surface area contributed by atoms with E-state index >= 15 is 8.78 Å². The first-order valence-corrected chi connectivity index (χ1v) is 13.6. The summed E-state index contributed by atoms with van der Waals surface area (Å²) in [7, 11) is -3.69. The summed E-state index contributed by atoms with van der Waals surface area (Å²) in [6.45, 7) is 0.0789. The van der Waals surface area contributed by atoms with Gasteiger partial charge in [-0.25, -0.2) is 26.4 Å². The fourth-order valence-corrected chi connectivity index (χ4v) is 4.87. The molecule has 3 N–H and O–H groups in total. The fraction of sp³-hybridized carbons (Fsp3) is 0.200. The number of amides is 3. The molecule has 1 aliphatic heterocycles. The summed E-state index contributed by atoms with van der Waals surface area (Å²) in [5.74, 6) is -3.99. The monoisotopic (exact) mass is 567 g/mol. The summed E-state index contributed by atoms with van der Waals surface area (Å²) in [5.41, 5.74) is -0.500. The van der Waals surface area contributed by atoms with Crippen LogP contribution in [-0.4, -0.2) is 39.2 Å². The van der Waals surface area contributed by atoms with Crippen molar-refractivity contribution in [3.05, 3.63) is 77.1 Å². The molecule has 200 valence electrons. The van der Waals surface area contributed by atoms with Gasteiger partial charge in [-0.15, -0.1) is 0 Å². The van der Waals surface area contributed by atoms with Crippen LogP contribution in [0.2, 0.25) is 5.02 Å². The first-order valence-electron chi connectivity index (χ1n) is 11.4. The Morgan fingerprint density at radius 1 is 1.00 bits per heavy atom. The smallest absolute Gasteiger partial charge is 0.319 e. The third-order valence-corrected chi connectivity index (χ3v) is 6.64. The topological polar surface area (TPSA) is 108 Å². The minimum absolute atomic E-state index is 0.0594. The Kier molecular flexibility index (Phi) is 7.83. The Balaban J connectivity index is 1.55. The summed E-state index contributed by atoms with van der Waals surface area (Å²) in [6.07, 6.45) is 1.55. The molecule has 8 nitrogen and oxygen atoms in total. The number of nitrogens with zero attached hydrogens (tertiary/aromatic N) is 1. The molecule has 0 bridgehead atoms. The highest BCUT2D eigenvalue weighted by Gasteiger charge is 2.33. The zero-order valence-corrected chi connectivity index (χ0v) is 21.6. The van der Waals surface area contributed by atoms with Crippen molar-refractivity contribution in [1.29, 1.82) is 0 Å². The molecule has 1 fully saturated rings. The average molecular weight is 568 g/mol. The maximum absolute atomic E-state index is 15.3. The predicted molar refractivity (Wildman–Crippen MR) is 135 cm³/mol. The van der Waals surface area contributed by atoms with Gasteiger partial charge >= 0.3 is 6.03 Å². The molecule has 3 aromatic rings. The third kappa shape index (κ3) is 6.03. The summed E-state index contributed by atoms with van der Waals surface area (Å²) in [5, 5.41) is 5.00. The Morgan fingerprint density at radius 3 is 2.45 bits per heavy atom. The molecule has 1 atom stereocenters. The number of carbonyl (C=O) groups is 2. The maximum atomic E-state index is 15.3. The van der Waals surface area contributed by atoms with Crippen LogP contribution in [-0.2, 0) is 14.8 Å². The van der Waals surface area contributed by atoms with Crippen LogP contribution < -0.4 is 20.3 Å². The number of hydrogen-bond acceptors (Lipinski definition) is 4. The first-order chi connectivity index (χ1) is 17.9. The van der Waals surface area contributed by atoms with Crippen molar-refractivity contribution in [3.8, 4) is 11.1 Å². The lowest BCUT2D eigenvalue weighted by atomic mass is 10.00. The maximum Gasteiger partial charge on any atom is 0.319 e. The van der Waals surface area contributed by atoms with E-state index in [9.17, 15) is 22.4 Å². The van der Waals surface area contributed by atoms with Crippen molar-refractivity contribution < 1.29 is 42.8 Å². The van der Waals surface area contributed by atoms with Gasteiger partial charge in [-0.3, -0.25) is 9.52 Å². The highest BCUT2D eigenvalue weighted by molar-refractivity contribution is 7.92. The number of piperidine rings is 1. The van der Waals surface area contributed by atoms with Crippen LogP contribution >= 0.6 is 0 Å². The second kappa shape index (κ2) is 10.9. The molecule has 13 heteroatoms. The van der Waals surface area contributed by atoms with Crippen molar-refractivity contribution in [1.82, 2.24) is 5.32 Å². The van der Waals surface area contributed by atoms with Crippen molar-refractivity contribution in [2.75, 3.05) is 27.7 Å². The molecule has 0 radical (unpaired) electrons. The summed E-state index contributed by atoms with van der Waals surface area (Å²) < 4.78 is 70.2. The van der Waals surface area contributed by atoms with Crippen molar-refractivity contribution in [2.24, 2.45) is 0 Å². The van der Waals surface area contributed by atoms with E-state index in [0.29, 0.717) is 6.42 Å². The largest absolute Gasteiger partial charge is 0.326 e. The van der Waals surface area contributed by atoms with Crippen LogP contribution in [0.4, 0.5) is 35.0 Å². The number of urea groups is 1. The van der Waals surface area contributed by atoms with Crippen LogP contribution in [0.3, 0.4) is 0 Å². The van der Waals surface area contributed by atoms with Crippen molar-refractivity contribution >= 4 is 39.0 Å². The zero-order valence-electron chi connectivity index (χ0n) is 19.9. The molecule has 0 aliphatic carbocycles. The van der Waals surface area contributed by atoms with Gasteiger partial charge < -0.3 is 15.5 Å². The molecule has 0 spiro atoms. The van der Waals surface area contributed by atoms with Gasteiger partial charge in [0.1, 0.15) is 6.04 Å². The molecule has 4 rings (SSSR count). The van der Waals surface area contributed by atoms with E-state index in [4.69, 9.17) is 11.6 Å². The molecule has 0 aromatic heterocycles. The van der Waals surface area contributed by atoms with Gasteiger partial charge in [-0.05, 0) is 37.1 Å². The van der Waals surface area contributed by atoms with E-state index in [2.05, 4.69) is 15.4 Å². The first kappa shape index (κ1) is 27.3. The van der Waals surface area contributed by atoms with Crippen LogP contribution in [0.5, 0.6) is 0 Å². The predicted octanol–water partition coefficient (Wildman–Crippen LogP) is 4.16. The zero-order chi connectivity index (χ0) is 27.6. The van der Waals surface area contributed by atoms with E-state index in [0.717, 1.165) is 17.2 Å². The lowest BCUT2D eigenvalue weighted by molar-refractivity contribution is -0.289. The molecular formula is C25H23ClF3N4O4S+. The van der Waals surface area contributed by atoms with Crippen molar-refractivity contribution in [3.63, 3.8) is 0 Å². The molecule has 1 heterocycles. The number of para-hydroxylation sites is 1. The highest BCUT2D eigenvalue weighted by Crippen LogP contribution is 2.35. The van der Waals surface area contributed by atoms with Gasteiger partial charge in [0.05, 0.1) is 23.3 Å². The Morgan fingerprint density at radius 2 is 1.74 bits per heavy atom. The van der Waals surface area contributed by atoms with Crippen LogP contribution in [0.1, 0.15) is 12.8 Å². The number of hydrogen-bond donors (Lipinski definition) is 3. The Bertz CT molecular complexity index is 1520. The van der Waals surface area contributed by atoms with E-state index in [1.165, 1.54) is 42.5 Å². The van der Waals surface area contributed by atoms with Gasteiger partial charge in [-0.1, -0.05) is 18.2 Å². The van der Waals surface area contributed by atoms with E-state index in [1.807, 2.05) is 0 Å². The van der Waals surface area contributed by atoms with Gasteiger partial charge in [0, 0.05) is 29.8 Å². The second-order valence-corrected chi connectivity index (χ2v) is 10.8. The lowest BCUT2D eigenvalue weighted by Gasteiger charge is -2.33. The molecule has 38 heavy (non-hydrogen) atoms. The average Bonchev–Trinajstić information content (AvgIpc) is 2.84. The van der Waals surface area contributed by atoms with E-state index in [1.54, 1.807) is 6.07 Å². The highest BCUT2D eigenvalue weighted by atomic mass is 35.5. The van der Waals surface area contributed by atoms with Gasteiger partial charge in [0.15, 0.2) is 29.1 Å². The lowest BCUT2D eigenvalue weighted by Crippen LogP contribution is -2.53. The van der Waals surface area contributed by atoms with Crippen LogP contribution in [0.25, 0.3) is 11.1 Å². The van der Waals surface area contributed by atoms with Gasteiger partial charge in [0.25, 0.3) is 0 Å². The second-order valence-electron chi connectivity index (χ2n) is 8.60. The standard InChI is InChI=1S/C25H22ClF3N4O4S/c1-38(36,37)32-18-6-3-2-5-15(18)16-9-11-21(23(29)22(16)28)33-12-4-7-20(24(33)34)31-25(35)30-19-10-8-14(26)13-17(19)27/h2-3,5-6,8-11,13,20,26,32H,4,7,12H2,1H3,(H-,30,31,35)/p+1/t20-/m1/s1. The molecule has 1 saturated heterocycles. The number of benzene rings is 3. The normalized spacial score (nSPS) is 15.8. The third-order valence-electron chi connectivity index (χ3n) is 5.80. The van der Waals surface area contributed by atoms with Gasteiger partial charge in [-0.2, -0.15) is 0 Å². The number of carbonyl (C=O) groups excluding carboxylic acids is 2. The van der Waals surface area contributed by atoms with E-state index in [-0.39, 0.29) is 46.2 Å². The van der Waals surface area contributed by atoms with E-state index < -0.39 is 45.5 Å². The minimum Gasteiger partial charge on any atom is -0.326 e. The number of sulfonamides is 1. The molecule has 1 aliphatic rings. The minimum atomic E-state index is -3.69. The Labute approximate surface area is 221 Å². The summed E-state index contributed by atoms with van der Waals surface area (Å²) in [6, 6.07) is 10.3. The number of halogens is 4. The molecule has 3 amide bonds. The fourth-order valence-electron chi connectivity index (χ4n) is 4.12. The molecule has 0 unspecified atom stereocenters. The molecular weight excluding hydrogens is 545 g/mol.